The van der Waals surface area contributed by atoms with Crippen LogP contribution in [0.2, 0.25) is 0 Å². The van der Waals surface area contributed by atoms with Crippen LogP contribution < -0.4 is 0 Å². The van der Waals surface area contributed by atoms with E-state index in [9.17, 15) is 14.7 Å². The summed E-state index contributed by atoms with van der Waals surface area (Å²) in [5, 5.41) is 9.55. The number of carbonyl (C=O) groups is 2. The van der Waals surface area contributed by atoms with Crippen LogP contribution in [0.25, 0.3) is 0 Å². The molecule has 0 bridgehead atoms. The van der Waals surface area contributed by atoms with Crippen molar-refractivity contribution < 1.29 is 14.7 Å². The first-order valence-electron chi connectivity index (χ1n) is 10.7. The van der Waals surface area contributed by atoms with E-state index in [-0.39, 0.29) is 23.7 Å². The number of fused-ring (bicyclic) bond motifs is 1. The summed E-state index contributed by atoms with van der Waals surface area (Å²) in [7, 11) is 0. The molecule has 0 saturated carbocycles. The molecule has 2 rings (SSSR count). The zero-order chi connectivity index (χ0) is 21.7. The summed E-state index contributed by atoms with van der Waals surface area (Å²) in [6.07, 6.45) is 7.07. The third-order valence-electron chi connectivity index (χ3n) is 5.74. The lowest BCUT2D eigenvalue weighted by molar-refractivity contribution is -0.168. The number of allylic oxidation sites excluding steroid dienone is 4. The summed E-state index contributed by atoms with van der Waals surface area (Å²) in [6, 6.07) is -0.427. The Bertz CT molecular complexity index is 702. The fourth-order valence-electron chi connectivity index (χ4n) is 4.04. The van der Waals surface area contributed by atoms with Gasteiger partial charge in [0.2, 0.25) is 11.8 Å². The molecule has 3 atom stereocenters. The molecule has 0 radical (unpaired) electrons. The van der Waals surface area contributed by atoms with E-state index in [0.717, 1.165) is 18.5 Å². The number of rotatable bonds is 7. The number of amides is 2. The summed E-state index contributed by atoms with van der Waals surface area (Å²) in [5.41, 5.74) is 2.25. The van der Waals surface area contributed by atoms with Crippen molar-refractivity contribution in [3.63, 3.8) is 0 Å². The van der Waals surface area contributed by atoms with Gasteiger partial charge in [0, 0.05) is 26.1 Å². The van der Waals surface area contributed by atoms with E-state index in [1.165, 1.54) is 5.57 Å². The van der Waals surface area contributed by atoms with E-state index >= 15 is 0 Å². The molecule has 0 spiro atoms. The maximum absolute atomic E-state index is 12.9. The van der Waals surface area contributed by atoms with Gasteiger partial charge in [0.15, 0.2) is 0 Å². The first-order valence-corrected chi connectivity index (χ1v) is 10.7. The standard InChI is InChI=1S/C23H37N3O3/c1-7-17(4)13-25-15-21-24(11-10-22(28)26(21)19(6)23(25)29)14-20(12-16(2)3)9-8-18(5)27/h8-9,12,17,19,21,27H,7,10-11,13-15H2,1-6H3/b18-8+,20-9+/t17?,19-,21?/m0/s1. The summed E-state index contributed by atoms with van der Waals surface area (Å²) < 4.78 is 0. The lowest BCUT2D eigenvalue weighted by atomic mass is 10.0. The number of aliphatic hydroxyl groups is 1. The number of aliphatic hydroxyl groups excluding tert-OH is 1. The predicted molar refractivity (Wildman–Crippen MR) is 116 cm³/mol. The topological polar surface area (TPSA) is 64.1 Å². The second-order valence-electron chi connectivity index (χ2n) is 8.71. The largest absolute Gasteiger partial charge is 0.513 e. The Morgan fingerprint density at radius 3 is 2.52 bits per heavy atom. The molecule has 2 aliphatic rings. The Morgan fingerprint density at radius 1 is 1.24 bits per heavy atom. The number of hydrogen-bond donors (Lipinski definition) is 1. The van der Waals surface area contributed by atoms with Crippen LogP contribution in [0.5, 0.6) is 0 Å². The minimum atomic E-state index is -0.427. The quantitative estimate of drug-likeness (QED) is 0.522. The minimum absolute atomic E-state index is 0.0515. The Labute approximate surface area is 175 Å². The fourth-order valence-corrected chi connectivity index (χ4v) is 4.04. The monoisotopic (exact) mass is 403 g/mol. The molecule has 0 aliphatic carbocycles. The zero-order valence-corrected chi connectivity index (χ0v) is 18.8. The first-order chi connectivity index (χ1) is 13.6. The molecule has 162 valence electrons. The summed E-state index contributed by atoms with van der Waals surface area (Å²) in [6.45, 7) is 14.5. The predicted octanol–water partition coefficient (Wildman–Crippen LogP) is 3.48. The van der Waals surface area contributed by atoms with Gasteiger partial charge in [-0.1, -0.05) is 38.0 Å². The number of nitrogens with zero attached hydrogens (tertiary/aromatic N) is 3. The van der Waals surface area contributed by atoms with E-state index in [4.69, 9.17) is 0 Å². The third-order valence-corrected chi connectivity index (χ3v) is 5.74. The maximum atomic E-state index is 12.9. The van der Waals surface area contributed by atoms with Crippen molar-refractivity contribution in [3.05, 3.63) is 35.1 Å². The van der Waals surface area contributed by atoms with Gasteiger partial charge in [-0.3, -0.25) is 14.5 Å². The van der Waals surface area contributed by atoms with Crippen LogP contribution in [0.15, 0.2) is 35.1 Å². The van der Waals surface area contributed by atoms with Crippen molar-refractivity contribution in [1.29, 1.82) is 0 Å². The van der Waals surface area contributed by atoms with Gasteiger partial charge in [-0.15, -0.1) is 0 Å². The molecule has 6 heteroatoms. The molecule has 29 heavy (non-hydrogen) atoms. The Morgan fingerprint density at radius 2 is 1.93 bits per heavy atom. The van der Waals surface area contributed by atoms with E-state index in [2.05, 4.69) is 24.8 Å². The Kier molecular flexibility index (Phi) is 8.08. The SMILES string of the molecule is CCC(C)CN1CC2N(C/C(C=C(C)C)=C/C=C(\C)O)CCC(=O)N2[C@@H](C)C1=O. The van der Waals surface area contributed by atoms with Gasteiger partial charge < -0.3 is 14.9 Å². The zero-order valence-electron chi connectivity index (χ0n) is 18.8. The molecule has 2 amide bonds. The van der Waals surface area contributed by atoms with Crippen LogP contribution in [0.1, 0.15) is 54.4 Å². The van der Waals surface area contributed by atoms with Gasteiger partial charge >= 0.3 is 0 Å². The summed E-state index contributed by atoms with van der Waals surface area (Å²) in [5.74, 6) is 0.811. The van der Waals surface area contributed by atoms with E-state index < -0.39 is 6.04 Å². The van der Waals surface area contributed by atoms with E-state index in [0.29, 0.717) is 32.0 Å². The van der Waals surface area contributed by atoms with E-state index in [1.54, 1.807) is 17.9 Å². The normalized spacial score (nSPS) is 25.2. The highest BCUT2D eigenvalue weighted by molar-refractivity contribution is 5.89. The third kappa shape index (κ3) is 5.95. The van der Waals surface area contributed by atoms with Crippen LogP contribution in [0.3, 0.4) is 0 Å². The second-order valence-corrected chi connectivity index (χ2v) is 8.71. The molecular weight excluding hydrogens is 366 g/mol. The van der Waals surface area contributed by atoms with Crippen molar-refractivity contribution in [3.8, 4) is 0 Å². The molecule has 0 aromatic carbocycles. The van der Waals surface area contributed by atoms with Crippen LogP contribution in [0.4, 0.5) is 0 Å². The van der Waals surface area contributed by atoms with Gasteiger partial charge in [-0.2, -0.15) is 0 Å². The smallest absolute Gasteiger partial charge is 0.245 e. The van der Waals surface area contributed by atoms with Crippen molar-refractivity contribution >= 4 is 11.8 Å². The average molecular weight is 404 g/mol. The fraction of sp³-hybridized carbons (Fsp3) is 0.652. The average Bonchev–Trinajstić information content (AvgIpc) is 2.65. The number of carbonyl (C=O) groups excluding carboxylic acids is 2. The molecule has 2 aliphatic heterocycles. The Balaban J connectivity index is 2.29. The molecule has 2 fully saturated rings. The lowest BCUT2D eigenvalue weighted by Crippen LogP contribution is -2.70. The van der Waals surface area contributed by atoms with Gasteiger partial charge in [-0.25, -0.2) is 0 Å². The van der Waals surface area contributed by atoms with Crippen LogP contribution in [-0.2, 0) is 9.59 Å². The molecule has 2 saturated heterocycles. The molecule has 6 nitrogen and oxygen atoms in total. The Hall–Kier alpha value is -2.08. The maximum Gasteiger partial charge on any atom is 0.245 e. The summed E-state index contributed by atoms with van der Waals surface area (Å²) in [4.78, 5) is 31.6. The molecule has 0 aromatic rings. The molecule has 1 N–H and O–H groups in total. The van der Waals surface area contributed by atoms with E-state index in [1.807, 2.05) is 31.7 Å². The van der Waals surface area contributed by atoms with Crippen molar-refractivity contribution in [2.24, 2.45) is 5.92 Å². The summed E-state index contributed by atoms with van der Waals surface area (Å²) >= 11 is 0. The van der Waals surface area contributed by atoms with Gasteiger partial charge in [0.05, 0.1) is 12.3 Å². The number of hydrogen-bond acceptors (Lipinski definition) is 4. The highest BCUT2D eigenvalue weighted by atomic mass is 16.3. The van der Waals surface area contributed by atoms with Crippen molar-refractivity contribution in [2.45, 2.75) is 66.6 Å². The van der Waals surface area contributed by atoms with Crippen LogP contribution in [-0.4, -0.2) is 70.0 Å². The molecule has 2 unspecified atom stereocenters. The lowest BCUT2D eigenvalue weighted by Gasteiger charge is -2.52. The molecule has 0 aromatic heterocycles. The highest BCUT2D eigenvalue weighted by Crippen LogP contribution is 2.27. The highest BCUT2D eigenvalue weighted by Gasteiger charge is 2.45. The van der Waals surface area contributed by atoms with Crippen molar-refractivity contribution in [1.82, 2.24) is 14.7 Å². The van der Waals surface area contributed by atoms with Crippen LogP contribution in [0, 0.1) is 5.92 Å². The minimum Gasteiger partial charge on any atom is -0.513 e. The van der Waals surface area contributed by atoms with Gasteiger partial charge in [-0.05, 0) is 45.3 Å². The van der Waals surface area contributed by atoms with Gasteiger partial charge in [0.1, 0.15) is 12.2 Å². The number of piperazine rings is 1. The molecular formula is C23H37N3O3. The van der Waals surface area contributed by atoms with Gasteiger partial charge in [0.25, 0.3) is 0 Å². The second kappa shape index (κ2) is 10.1. The molecule has 2 heterocycles. The first kappa shape index (κ1) is 23.2. The van der Waals surface area contributed by atoms with Crippen molar-refractivity contribution in [2.75, 3.05) is 26.2 Å². The van der Waals surface area contributed by atoms with Crippen LogP contribution >= 0.6 is 0 Å².